The molecule has 0 bridgehead atoms. The van der Waals surface area contributed by atoms with Crippen molar-refractivity contribution >= 4 is 11.6 Å². The first-order chi connectivity index (χ1) is 9.67. The molecule has 1 aliphatic rings. The average Bonchev–Trinajstić information content (AvgIpc) is 2.45. The van der Waals surface area contributed by atoms with E-state index in [-0.39, 0.29) is 5.91 Å². The van der Waals surface area contributed by atoms with E-state index >= 15 is 0 Å². The Hall–Kier alpha value is -1.66. The lowest BCUT2D eigenvalue weighted by Crippen LogP contribution is -2.47. The van der Waals surface area contributed by atoms with Gasteiger partial charge in [0.1, 0.15) is 11.6 Å². The van der Waals surface area contributed by atoms with Gasteiger partial charge in [0.25, 0.3) is 5.91 Å². The third-order valence-corrected chi connectivity index (χ3v) is 3.11. The Morgan fingerprint density at radius 1 is 1.45 bits per heavy atom. The lowest BCUT2D eigenvalue weighted by molar-refractivity contribution is -0.126. The van der Waals surface area contributed by atoms with E-state index in [9.17, 15) is 9.18 Å². The summed E-state index contributed by atoms with van der Waals surface area (Å²) in [7, 11) is 0. The Morgan fingerprint density at radius 2 is 2.25 bits per heavy atom. The van der Waals surface area contributed by atoms with Crippen molar-refractivity contribution in [2.75, 3.05) is 31.2 Å². The molecule has 1 unspecified atom stereocenters. The van der Waals surface area contributed by atoms with Crippen LogP contribution >= 0.6 is 0 Å². The van der Waals surface area contributed by atoms with Crippen LogP contribution in [0, 0.1) is 5.82 Å². The highest BCUT2D eigenvalue weighted by atomic mass is 19.1. The summed E-state index contributed by atoms with van der Waals surface area (Å²) in [5.74, 6) is -0.0402. The molecule has 1 aromatic rings. The molecule has 1 aromatic carbocycles. The second-order valence-corrected chi connectivity index (χ2v) is 4.52. The molecule has 5 nitrogen and oxygen atoms in total. The van der Waals surface area contributed by atoms with Crippen LogP contribution in [0.4, 0.5) is 10.1 Å². The maximum atomic E-state index is 13.4. The van der Waals surface area contributed by atoms with Crippen LogP contribution in [0.15, 0.2) is 18.2 Å². The number of carbonyl (C=O) groups excluding carboxylic acids is 1. The molecule has 0 fully saturated rings. The topological polar surface area (TPSA) is 64.8 Å². The maximum Gasteiger partial charge on any atom is 0.268 e. The summed E-state index contributed by atoms with van der Waals surface area (Å²) in [4.78, 5) is 13.8. The van der Waals surface area contributed by atoms with Crippen molar-refractivity contribution in [3.63, 3.8) is 0 Å². The summed E-state index contributed by atoms with van der Waals surface area (Å²) < 4.78 is 24.3. The molecule has 2 N–H and O–H groups in total. The minimum Gasteiger partial charge on any atom is -0.478 e. The average molecular weight is 282 g/mol. The van der Waals surface area contributed by atoms with E-state index < -0.39 is 11.9 Å². The van der Waals surface area contributed by atoms with Crippen LogP contribution < -0.4 is 15.4 Å². The van der Waals surface area contributed by atoms with Gasteiger partial charge in [-0.05, 0) is 18.6 Å². The van der Waals surface area contributed by atoms with E-state index in [4.69, 9.17) is 15.2 Å². The number of benzene rings is 1. The Kier molecular flexibility index (Phi) is 4.92. The van der Waals surface area contributed by atoms with Crippen LogP contribution in [-0.2, 0) is 9.53 Å². The molecular formula is C14H19FN2O3. The van der Waals surface area contributed by atoms with Crippen molar-refractivity contribution in [1.82, 2.24) is 0 Å². The number of hydrogen-bond donors (Lipinski definition) is 1. The van der Waals surface area contributed by atoms with Crippen molar-refractivity contribution < 1.29 is 18.7 Å². The normalized spacial score (nSPS) is 17.9. The number of carbonyl (C=O) groups is 1. The van der Waals surface area contributed by atoms with Crippen LogP contribution in [-0.4, -0.2) is 38.3 Å². The van der Waals surface area contributed by atoms with Crippen LogP contribution in [0.5, 0.6) is 5.75 Å². The fourth-order valence-corrected chi connectivity index (χ4v) is 2.13. The molecule has 6 heteroatoms. The van der Waals surface area contributed by atoms with E-state index in [1.54, 1.807) is 6.07 Å². The zero-order valence-corrected chi connectivity index (χ0v) is 11.5. The van der Waals surface area contributed by atoms with Gasteiger partial charge in [0.2, 0.25) is 0 Å². The van der Waals surface area contributed by atoms with Gasteiger partial charge in [-0.1, -0.05) is 6.92 Å². The number of ether oxygens (including phenoxy) is 2. The largest absolute Gasteiger partial charge is 0.478 e. The van der Waals surface area contributed by atoms with E-state index in [1.807, 2.05) is 6.92 Å². The minimum atomic E-state index is -0.525. The highest BCUT2D eigenvalue weighted by Gasteiger charge is 2.33. The molecule has 1 amide bonds. The van der Waals surface area contributed by atoms with Gasteiger partial charge in [-0.3, -0.25) is 4.79 Å². The summed E-state index contributed by atoms with van der Waals surface area (Å²) in [5, 5.41) is 0. The molecule has 0 spiro atoms. The third kappa shape index (κ3) is 3.08. The number of halogens is 1. The SMILES string of the molecule is CCC1Oc2ccc(F)cc2N(CCOCCN)C1=O. The van der Waals surface area contributed by atoms with Gasteiger partial charge >= 0.3 is 0 Å². The second-order valence-electron chi connectivity index (χ2n) is 4.52. The molecular weight excluding hydrogens is 263 g/mol. The monoisotopic (exact) mass is 282 g/mol. The molecule has 110 valence electrons. The summed E-state index contributed by atoms with van der Waals surface area (Å²) in [6, 6.07) is 4.18. The number of amides is 1. The van der Waals surface area contributed by atoms with Crippen LogP contribution in [0.2, 0.25) is 0 Å². The molecule has 1 aliphatic heterocycles. The predicted octanol–water partition coefficient (Wildman–Crippen LogP) is 1.30. The van der Waals surface area contributed by atoms with Gasteiger partial charge in [-0.15, -0.1) is 0 Å². The highest BCUT2D eigenvalue weighted by Crippen LogP contribution is 2.35. The maximum absolute atomic E-state index is 13.4. The van der Waals surface area contributed by atoms with Gasteiger partial charge in [0, 0.05) is 19.2 Å². The van der Waals surface area contributed by atoms with Gasteiger partial charge < -0.3 is 20.1 Å². The third-order valence-electron chi connectivity index (χ3n) is 3.11. The summed E-state index contributed by atoms with van der Waals surface area (Å²) >= 11 is 0. The second kappa shape index (κ2) is 6.67. The number of anilines is 1. The molecule has 0 saturated heterocycles. The highest BCUT2D eigenvalue weighted by molar-refractivity contribution is 6.00. The zero-order valence-electron chi connectivity index (χ0n) is 11.5. The number of fused-ring (bicyclic) bond motifs is 1. The molecule has 0 radical (unpaired) electrons. The van der Waals surface area contributed by atoms with Crippen molar-refractivity contribution in [3.05, 3.63) is 24.0 Å². The van der Waals surface area contributed by atoms with E-state index in [1.165, 1.54) is 17.0 Å². The quantitative estimate of drug-likeness (QED) is 0.799. The van der Waals surface area contributed by atoms with Crippen LogP contribution in [0.3, 0.4) is 0 Å². The molecule has 20 heavy (non-hydrogen) atoms. The van der Waals surface area contributed by atoms with Crippen LogP contribution in [0.25, 0.3) is 0 Å². The van der Waals surface area contributed by atoms with Crippen molar-refractivity contribution in [2.24, 2.45) is 5.73 Å². The first kappa shape index (κ1) is 14.7. The zero-order chi connectivity index (χ0) is 14.5. The van der Waals surface area contributed by atoms with Gasteiger partial charge in [0.15, 0.2) is 6.10 Å². The summed E-state index contributed by atoms with van der Waals surface area (Å²) in [5.41, 5.74) is 5.79. The standard InChI is InChI=1S/C14H19FN2O3/c1-2-12-14(18)17(6-8-19-7-5-16)11-9-10(15)3-4-13(11)20-12/h3-4,9,12H,2,5-8,16H2,1H3. The smallest absolute Gasteiger partial charge is 0.268 e. The summed E-state index contributed by atoms with van der Waals surface area (Å²) in [6.45, 7) is 3.45. The van der Waals surface area contributed by atoms with E-state index in [0.29, 0.717) is 44.2 Å². The Bertz CT molecular complexity index is 481. The molecule has 0 saturated carbocycles. The van der Waals surface area contributed by atoms with Crippen molar-refractivity contribution in [3.8, 4) is 5.75 Å². The molecule has 1 atom stereocenters. The lowest BCUT2D eigenvalue weighted by Gasteiger charge is -2.34. The number of nitrogens with zero attached hydrogens (tertiary/aromatic N) is 1. The minimum absolute atomic E-state index is 0.165. The summed E-state index contributed by atoms with van der Waals surface area (Å²) in [6.07, 6.45) is 0.0398. The predicted molar refractivity (Wildman–Crippen MR) is 73.3 cm³/mol. The number of nitrogens with two attached hydrogens (primary N) is 1. The van der Waals surface area contributed by atoms with Gasteiger partial charge in [-0.25, -0.2) is 4.39 Å². The lowest BCUT2D eigenvalue weighted by atomic mass is 10.1. The Labute approximate surface area is 117 Å². The fourth-order valence-electron chi connectivity index (χ4n) is 2.13. The Balaban J connectivity index is 2.18. The molecule has 0 aliphatic carbocycles. The molecule has 2 rings (SSSR count). The van der Waals surface area contributed by atoms with Crippen molar-refractivity contribution in [1.29, 1.82) is 0 Å². The first-order valence-corrected chi connectivity index (χ1v) is 6.72. The van der Waals surface area contributed by atoms with Crippen LogP contribution in [0.1, 0.15) is 13.3 Å². The van der Waals surface area contributed by atoms with Gasteiger partial charge in [-0.2, -0.15) is 0 Å². The number of hydrogen-bond acceptors (Lipinski definition) is 4. The number of rotatable bonds is 6. The first-order valence-electron chi connectivity index (χ1n) is 6.72. The Morgan fingerprint density at radius 3 is 2.95 bits per heavy atom. The van der Waals surface area contributed by atoms with E-state index in [2.05, 4.69) is 0 Å². The van der Waals surface area contributed by atoms with Gasteiger partial charge in [0.05, 0.1) is 18.9 Å². The van der Waals surface area contributed by atoms with E-state index in [0.717, 1.165) is 0 Å². The molecule has 1 heterocycles. The fraction of sp³-hybridized carbons (Fsp3) is 0.500. The molecule has 0 aromatic heterocycles. The van der Waals surface area contributed by atoms with Crippen molar-refractivity contribution in [2.45, 2.75) is 19.4 Å².